The van der Waals surface area contributed by atoms with Crippen LogP contribution >= 0.6 is 22.9 Å². The lowest BCUT2D eigenvalue weighted by Gasteiger charge is -2.23. The van der Waals surface area contributed by atoms with Crippen molar-refractivity contribution in [3.05, 3.63) is 51.5 Å². The summed E-state index contributed by atoms with van der Waals surface area (Å²) in [4.78, 5) is 21.4. The Morgan fingerprint density at radius 2 is 1.95 bits per heavy atom. The Morgan fingerprint density at radius 1 is 1.21 bits per heavy atom. The fourth-order valence-electron chi connectivity index (χ4n) is 4.52. The fourth-order valence-corrected chi connectivity index (χ4v) is 7.72. The summed E-state index contributed by atoms with van der Waals surface area (Å²) in [6, 6.07) is 6.58. The third-order valence-corrected chi connectivity index (χ3v) is 9.95. The van der Waals surface area contributed by atoms with Crippen LogP contribution in [0.1, 0.15) is 39.6 Å². The van der Waals surface area contributed by atoms with Gasteiger partial charge in [0.15, 0.2) is 9.84 Å². The number of hydrogen-bond acceptors (Lipinski definition) is 8. The molecule has 0 saturated carbocycles. The van der Waals surface area contributed by atoms with Gasteiger partial charge in [0.2, 0.25) is 5.95 Å². The molecular formula is C24H23ClF3N5O3S2. The number of sulfone groups is 1. The van der Waals surface area contributed by atoms with E-state index in [9.17, 15) is 26.4 Å². The van der Waals surface area contributed by atoms with Crippen molar-refractivity contribution in [2.45, 2.75) is 29.8 Å². The number of amides is 1. The lowest BCUT2D eigenvalue weighted by molar-refractivity contribution is -0.137. The zero-order chi connectivity index (χ0) is 27.2. The van der Waals surface area contributed by atoms with Gasteiger partial charge in [-0.3, -0.25) is 4.79 Å². The van der Waals surface area contributed by atoms with Gasteiger partial charge in [-0.25, -0.2) is 18.4 Å². The van der Waals surface area contributed by atoms with Gasteiger partial charge in [-0.1, -0.05) is 17.7 Å². The first-order chi connectivity index (χ1) is 17.9. The minimum atomic E-state index is -4.82. The number of fused-ring (bicyclic) bond motifs is 1. The number of nitrogens with zero attached hydrogens (tertiary/aromatic N) is 3. The van der Waals surface area contributed by atoms with Crippen LogP contribution in [0.15, 0.2) is 35.4 Å². The van der Waals surface area contributed by atoms with Crippen molar-refractivity contribution in [2.75, 3.05) is 37.8 Å². The lowest BCUT2D eigenvalue weighted by atomic mass is 9.90. The molecule has 0 radical (unpaired) electrons. The average molecular weight is 586 g/mol. The molecule has 2 N–H and O–H groups in total. The lowest BCUT2D eigenvalue weighted by Crippen LogP contribution is -2.27. The van der Waals surface area contributed by atoms with Gasteiger partial charge in [-0.15, -0.1) is 11.3 Å². The van der Waals surface area contributed by atoms with Crippen molar-refractivity contribution in [1.29, 1.82) is 0 Å². The Bertz CT molecular complexity index is 1500. The van der Waals surface area contributed by atoms with Crippen LogP contribution in [0, 0.1) is 0 Å². The van der Waals surface area contributed by atoms with Crippen molar-refractivity contribution in [2.24, 2.45) is 0 Å². The maximum Gasteiger partial charge on any atom is 0.420 e. The van der Waals surface area contributed by atoms with E-state index in [1.165, 1.54) is 11.9 Å². The van der Waals surface area contributed by atoms with E-state index in [1.807, 2.05) is 12.1 Å². The molecule has 8 nitrogen and oxygen atoms in total. The second kappa shape index (κ2) is 10.1. The summed E-state index contributed by atoms with van der Waals surface area (Å²) in [6.45, 7) is 1.77. The Labute approximate surface area is 226 Å². The van der Waals surface area contributed by atoms with Crippen LogP contribution in [0.25, 0.3) is 10.6 Å². The fraction of sp³-hybridized carbons (Fsp3) is 0.375. The van der Waals surface area contributed by atoms with E-state index in [0.29, 0.717) is 34.2 Å². The number of alkyl halides is 3. The Balaban J connectivity index is 1.57. The summed E-state index contributed by atoms with van der Waals surface area (Å²) >= 11 is 7.04. The van der Waals surface area contributed by atoms with E-state index in [-0.39, 0.29) is 32.9 Å². The normalized spacial score (nSPS) is 18.2. The molecule has 0 unspecified atom stereocenters. The van der Waals surface area contributed by atoms with Crippen LogP contribution in [-0.2, 0) is 16.0 Å². The van der Waals surface area contributed by atoms with Gasteiger partial charge >= 0.3 is 6.18 Å². The molecule has 14 heteroatoms. The number of rotatable bonds is 4. The van der Waals surface area contributed by atoms with Gasteiger partial charge in [0, 0.05) is 19.8 Å². The van der Waals surface area contributed by atoms with Gasteiger partial charge in [0.1, 0.15) is 10.4 Å². The van der Waals surface area contributed by atoms with Crippen molar-refractivity contribution in [3.63, 3.8) is 0 Å². The number of carbonyl (C=O) groups excluding carboxylic acids is 1. The summed E-state index contributed by atoms with van der Waals surface area (Å²) in [7, 11) is -2.43. The molecule has 38 heavy (non-hydrogen) atoms. The SMILES string of the molecule is CN1CCS(=O)(=O)c2cc(-c3nc(Nc4cc(C5CCNCC5)ccc4Cl)ncc3C(F)(F)F)sc2C1=O. The van der Waals surface area contributed by atoms with E-state index >= 15 is 0 Å². The number of hydrogen-bond donors (Lipinski definition) is 2. The highest BCUT2D eigenvalue weighted by molar-refractivity contribution is 7.91. The molecule has 0 spiro atoms. The first-order valence-electron chi connectivity index (χ1n) is 11.8. The highest BCUT2D eigenvalue weighted by Crippen LogP contribution is 2.42. The standard InChI is InChI=1S/C24H23ClF3N5O3S2/c1-33-8-9-38(35,36)19-11-18(37-21(19)22(33)34)20-15(24(26,27)28)12-30-23(32-20)31-17-10-14(2-3-16(17)25)13-4-6-29-7-5-13/h2-3,10-13,29H,4-9H2,1H3,(H,30,31,32). The molecule has 0 bridgehead atoms. The molecular weight excluding hydrogens is 563 g/mol. The van der Waals surface area contributed by atoms with Crippen LogP contribution in [0.3, 0.4) is 0 Å². The topological polar surface area (TPSA) is 104 Å². The number of piperidine rings is 1. The van der Waals surface area contributed by atoms with Gasteiger partial charge < -0.3 is 15.5 Å². The highest BCUT2D eigenvalue weighted by Gasteiger charge is 2.38. The number of carbonyl (C=O) groups is 1. The minimum absolute atomic E-state index is 0.00946. The van der Waals surface area contributed by atoms with Crippen LogP contribution in [-0.4, -0.2) is 61.6 Å². The number of aromatic nitrogens is 2. The molecule has 1 amide bonds. The second-order valence-corrected chi connectivity index (χ2v) is 12.7. The van der Waals surface area contributed by atoms with Crippen LogP contribution in [0.2, 0.25) is 5.02 Å². The van der Waals surface area contributed by atoms with Crippen LogP contribution < -0.4 is 10.6 Å². The van der Waals surface area contributed by atoms with Crippen molar-refractivity contribution >= 4 is 50.3 Å². The maximum absolute atomic E-state index is 13.9. The molecule has 5 rings (SSSR count). The number of thiophene rings is 1. The molecule has 2 aliphatic heterocycles. The number of nitrogens with one attached hydrogen (secondary N) is 2. The van der Waals surface area contributed by atoms with E-state index < -0.39 is 33.2 Å². The predicted molar refractivity (Wildman–Crippen MR) is 139 cm³/mol. The molecule has 1 aromatic carbocycles. The highest BCUT2D eigenvalue weighted by atomic mass is 35.5. The average Bonchev–Trinajstić information content (AvgIpc) is 3.32. The second-order valence-electron chi connectivity index (χ2n) is 9.19. The van der Waals surface area contributed by atoms with Crippen LogP contribution in [0.4, 0.5) is 24.8 Å². The van der Waals surface area contributed by atoms with E-state index in [0.717, 1.165) is 37.6 Å². The molecule has 2 aliphatic rings. The predicted octanol–water partition coefficient (Wildman–Crippen LogP) is 4.95. The third-order valence-electron chi connectivity index (χ3n) is 6.64. The largest absolute Gasteiger partial charge is 0.420 e. The van der Waals surface area contributed by atoms with Gasteiger partial charge in [0.05, 0.1) is 31.9 Å². The zero-order valence-electron chi connectivity index (χ0n) is 20.1. The molecule has 0 atom stereocenters. The summed E-state index contributed by atoms with van der Waals surface area (Å²) in [5, 5.41) is 6.57. The monoisotopic (exact) mass is 585 g/mol. The maximum atomic E-state index is 13.9. The molecule has 1 saturated heterocycles. The summed E-state index contributed by atoms with van der Waals surface area (Å²) in [6.07, 6.45) is -2.28. The Morgan fingerprint density at radius 3 is 2.66 bits per heavy atom. The van der Waals surface area contributed by atoms with Crippen LogP contribution in [0.5, 0.6) is 0 Å². The third kappa shape index (κ3) is 5.24. The van der Waals surface area contributed by atoms with E-state index in [4.69, 9.17) is 11.6 Å². The summed E-state index contributed by atoms with van der Waals surface area (Å²) < 4.78 is 67.3. The number of halogens is 4. The smallest absolute Gasteiger partial charge is 0.340 e. The number of anilines is 2. The van der Waals surface area contributed by atoms with Crippen molar-refractivity contribution < 1.29 is 26.4 Å². The zero-order valence-corrected chi connectivity index (χ0v) is 22.5. The summed E-state index contributed by atoms with van der Waals surface area (Å²) in [5.41, 5.74) is -0.188. The molecule has 202 valence electrons. The Kier molecular flexibility index (Phi) is 7.14. The van der Waals surface area contributed by atoms with Gasteiger partial charge in [0.25, 0.3) is 5.91 Å². The van der Waals surface area contributed by atoms with E-state index in [1.54, 1.807) is 6.07 Å². The first-order valence-corrected chi connectivity index (χ1v) is 14.6. The number of benzene rings is 1. The van der Waals surface area contributed by atoms with Gasteiger partial charge in [-0.05, 0) is 55.6 Å². The molecule has 2 aromatic heterocycles. The quantitative estimate of drug-likeness (QED) is 0.447. The van der Waals surface area contributed by atoms with Gasteiger partial charge in [-0.2, -0.15) is 13.2 Å². The molecule has 0 aliphatic carbocycles. The van der Waals surface area contributed by atoms with E-state index in [2.05, 4.69) is 20.6 Å². The summed E-state index contributed by atoms with van der Waals surface area (Å²) in [5.74, 6) is -0.725. The Hall–Kier alpha value is -2.74. The minimum Gasteiger partial charge on any atom is -0.340 e. The van der Waals surface area contributed by atoms with Crippen molar-refractivity contribution in [3.8, 4) is 10.6 Å². The first kappa shape index (κ1) is 26.9. The molecule has 3 aromatic rings. The molecule has 1 fully saturated rings. The molecule has 4 heterocycles. The van der Waals surface area contributed by atoms with Crippen molar-refractivity contribution in [1.82, 2.24) is 20.2 Å².